The molecule has 0 fully saturated rings. The highest BCUT2D eigenvalue weighted by molar-refractivity contribution is 5.62. The van der Waals surface area contributed by atoms with E-state index < -0.39 is 5.97 Å². The lowest BCUT2D eigenvalue weighted by atomic mass is 10.9. The molecule has 0 spiro atoms. The van der Waals surface area contributed by atoms with Gasteiger partial charge in [0.15, 0.2) is 0 Å². The fraction of sp³-hybridized carbons (Fsp3) is 0.500. The summed E-state index contributed by atoms with van der Waals surface area (Å²) in [7, 11) is 0. The van der Waals surface area contributed by atoms with Crippen LogP contribution < -0.4 is 0 Å². The summed E-state index contributed by atoms with van der Waals surface area (Å²) < 4.78 is 0. The van der Waals surface area contributed by atoms with Crippen molar-refractivity contribution >= 4 is 5.97 Å². The molecule has 12 nitrogen and oxygen atoms in total. The third kappa shape index (κ3) is 1300. The summed E-state index contributed by atoms with van der Waals surface area (Å²) >= 11 is 0. The minimum atomic E-state index is -0.833. The molecule has 21 N–H and O–H groups in total. The molecular weight excluding hydrogens is 216 g/mol. The smallest absolute Gasteiger partial charge is 0.300 e. The van der Waals surface area contributed by atoms with Crippen molar-refractivity contribution in [2.45, 2.75) is 6.92 Å². The Morgan fingerprint density at radius 2 is 0.643 bits per heavy atom. The van der Waals surface area contributed by atoms with E-state index in [4.69, 9.17) is 9.90 Å². The largest absolute Gasteiger partial charge is 0.481 e. The molecular formula is C2H24O12. The van der Waals surface area contributed by atoms with Gasteiger partial charge in [0.25, 0.3) is 5.97 Å². The summed E-state index contributed by atoms with van der Waals surface area (Å²) in [5.74, 6) is -0.833. The third-order valence-electron chi connectivity index (χ3n) is 0. The Morgan fingerprint density at radius 3 is 0.643 bits per heavy atom. The minimum Gasteiger partial charge on any atom is -0.481 e. The van der Waals surface area contributed by atoms with Gasteiger partial charge < -0.3 is 59.9 Å². The van der Waals surface area contributed by atoms with Crippen LogP contribution in [0.25, 0.3) is 0 Å². The molecule has 0 saturated carbocycles. The van der Waals surface area contributed by atoms with Gasteiger partial charge >= 0.3 is 0 Å². The zero-order valence-electron chi connectivity index (χ0n) is 7.36. The van der Waals surface area contributed by atoms with Crippen LogP contribution in [0.5, 0.6) is 0 Å². The van der Waals surface area contributed by atoms with Gasteiger partial charge in [0.1, 0.15) is 0 Å². The molecule has 14 heavy (non-hydrogen) atoms. The Balaban J connectivity index is -0.000000001000. The highest BCUT2D eigenvalue weighted by Gasteiger charge is 1.65. The Bertz CT molecular complexity index is 31.3. The van der Waals surface area contributed by atoms with Gasteiger partial charge in [-0.3, -0.25) is 4.79 Å². The van der Waals surface area contributed by atoms with E-state index in [1.807, 2.05) is 0 Å². The van der Waals surface area contributed by atoms with Crippen LogP contribution in [0.2, 0.25) is 0 Å². The summed E-state index contributed by atoms with van der Waals surface area (Å²) in [5, 5.41) is 7.42. The first-order valence-electron chi connectivity index (χ1n) is 0.928. The molecule has 0 atom stereocenters. The molecule has 0 aliphatic carbocycles. The van der Waals surface area contributed by atoms with Crippen molar-refractivity contribution in [2.24, 2.45) is 0 Å². The van der Waals surface area contributed by atoms with Gasteiger partial charge in [-0.25, -0.2) is 0 Å². The van der Waals surface area contributed by atoms with Crippen molar-refractivity contribution in [1.82, 2.24) is 0 Å². The summed E-state index contributed by atoms with van der Waals surface area (Å²) in [6.45, 7) is 1.08. The predicted molar refractivity (Wildman–Crippen MR) is 49.4 cm³/mol. The number of aliphatic carboxylic acids is 1. The number of carboxylic acids is 1. The van der Waals surface area contributed by atoms with Crippen LogP contribution in [-0.4, -0.2) is 65.8 Å². The Hall–Kier alpha value is -0.930. The van der Waals surface area contributed by atoms with Crippen LogP contribution in [0.3, 0.4) is 0 Å². The van der Waals surface area contributed by atoms with E-state index in [2.05, 4.69) is 0 Å². The van der Waals surface area contributed by atoms with E-state index in [9.17, 15) is 0 Å². The van der Waals surface area contributed by atoms with E-state index in [0.29, 0.717) is 0 Å². The van der Waals surface area contributed by atoms with E-state index in [1.165, 1.54) is 0 Å². The lowest BCUT2D eigenvalue weighted by Gasteiger charge is -1.59. The van der Waals surface area contributed by atoms with Gasteiger partial charge in [-0.2, -0.15) is 0 Å². The first-order chi connectivity index (χ1) is 1.73. The van der Waals surface area contributed by atoms with Crippen LogP contribution in [0.1, 0.15) is 6.92 Å². The van der Waals surface area contributed by atoms with Crippen LogP contribution in [0, 0.1) is 0 Å². The van der Waals surface area contributed by atoms with Crippen molar-refractivity contribution in [2.75, 3.05) is 0 Å². The molecule has 0 unspecified atom stereocenters. The van der Waals surface area contributed by atoms with Crippen LogP contribution in [0.4, 0.5) is 0 Å². The fourth-order valence-electron chi connectivity index (χ4n) is 0. The van der Waals surface area contributed by atoms with Crippen LogP contribution in [-0.2, 0) is 4.79 Å². The molecule has 0 aliphatic heterocycles. The molecule has 0 saturated heterocycles. The maximum absolute atomic E-state index is 9.00. The average molecular weight is 240 g/mol. The minimum absolute atomic E-state index is 0. The van der Waals surface area contributed by atoms with E-state index in [1.54, 1.807) is 0 Å². The fourth-order valence-corrected chi connectivity index (χ4v) is 0. The highest BCUT2D eigenvalue weighted by atomic mass is 16.4. The zero-order valence-corrected chi connectivity index (χ0v) is 7.36. The number of rotatable bonds is 0. The van der Waals surface area contributed by atoms with Crippen molar-refractivity contribution in [3.05, 3.63) is 0 Å². The second-order valence-corrected chi connectivity index (χ2v) is 0.519. The molecule has 0 aromatic carbocycles. The molecule has 0 aromatic heterocycles. The number of hydrogen-bond donors (Lipinski definition) is 1. The molecule has 0 rings (SSSR count). The van der Waals surface area contributed by atoms with Crippen molar-refractivity contribution in [3.63, 3.8) is 0 Å². The van der Waals surface area contributed by atoms with Gasteiger partial charge in [-0.05, 0) is 0 Å². The third-order valence-corrected chi connectivity index (χ3v) is 0. The molecule has 0 heterocycles. The Labute approximate surface area is 78.9 Å². The second-order valence-electron chi connectivity index (χ2n) is 0.519. The van der Waals surface area contributed by atoms with E-state index in [0.717, 1.165) is 6.92 Å². The number of carboxylic acid groups (broad SMARTS) is 1. The topological polar surface area (TPSA) is 352 Å². The van der Waals surface area contributed by atoms with Crippen molar-refractivity contribution in [1.29, 1.82) is 0 Å². The van der Waals surface area contributed by atoms with Crippen LogP contribution >= 0.6 is 0 Å². The maximum atomic E-state index is 9.00. The molecule has 0 aliphatic rings. The monoisotopic (exact) mass is 240 g/mol. The standard InChI is InChI=1S/C2H4O2.10H2O/c1-2(3)4;;;;;;;;;;/h1H3,(H,3,4);10*1H2. The Kier molecular flexibility index (Phi) is 11000. The maximum Gasteiger partial charge on any atom is 0.300 e. The summed E-state index contributed by atoms with van der Waals surface area (Å²) in [6.07, 6.45) is 0. The Morgan fingerprint density at radius 1 is 0.643 bits per heavy atom. The SMILES string of the molecule is CC(=O)O.O.O.O.O.O.O.O.O.O.O. The number of hydrogen-bond acceptors (Lipinski definition) is 1. The first kappa shape index (κ1) is 444. The average Bonchev–Trinajstić information content (AvgIpc) is 0.811. The molecule has 0 aromatic rings. The van der Waals surface area contributed by atoms with Gasteiger partial charge in [-0.1, -0.05) is 0 Å². The lowest BCUT2D eigenvalue weighted by molar-refractivity contribution is -0.134. The normalized spacial score (nSPS) is 1.79. The van der Waals surface area contributed by atoms with Crippen LogP contribution in [0.15, 0.2) is 0 Å². The molecule has 104 valence electrons. The van der Waals surface area contributed by atoms with Gasteiger partial charge in [0.2, 0.25) is 0 Å². The van der Waals surface area contributed by atoms with Gasteiger partial charge in [0, 0.05) is 6.92 Å². The zero-order chi connectivity index (χ0) is 3.58. The van der Waals surface area contributed by atoms with Gasteiger partial charge in [0.05, 0.1) is 0 Å². The second kappa shape index (κ2) is 345. The van der Waals surface area contributed by atoms with Crippen molar-refractivity contribution in [3.8, 4) is 0 Å². The number of carbonyl (C=O) groups is 1. The summed E-state index contributed by atoms with van der Waals surface area (Å²) in [6, 6.07) is 0. The molecule has 0 radical (unpaired) electrons. The summed E-state index contributed by atoms with van der Waals surface area (Å²) in [5.41, 5.74) is 0. The lowest BCUT2D eigenvalue weighted by Crippen LogP contribution is -1.78. The highest BCUT2D eigenvalue weighted by Crippen LogP contribution is 1.42. The molecule has 0 amide bonds. The summed E-state index contributed by atoms with van der Waals surface area (Å²) in [4.78, 5) is 9.00. The first-order valence-corrected chi connectivity index (χ1v) is 0.928. The van der Waals surface area contributed by atoms with E-state index >= 15 is 0 Å². The molecule has 12 heteroatoms. The van der Waals surface area contributed by atoms with Gasteiger partial charge in [-0.15, -0.1) is 0 Å². The predicted octanol–water partition coefficient (Wildman–Crippen LogP) is -8.16. The van der Waals surface area contributed by atoms with Crippen molar-refractivity contribution < 1.29 is 64.7 Å². The molecule has 0 bridgehead atoms. The quantitative estimate of drug-likeness (QED) is 0.430. The van der Waals surface area contributed by atoms with E-state index in [-0.39, 0.29) is 54.8 Å².